The molecule has 0 fully saturated rings. The van der Waals surface area contributed by atoms with Crippen molar-refractivity contribution in [2.24, 2.45) is 5.41 Å². The summed E-state index contributed by atoms with van der Waals surface area (Å²) >= 11 is 0. The van der Waals surface area contributed by atoms with Gasteiger partial charge in [-0.05, 0) is 18.6 Å². The van der Waals surface area contributed by atoms with E-state index < -0.39 is 6.09 Å². The number of anilines is 1. The number of carboxylic acid groups (broad SMARTS) is 1. The number of benzene rings is 1. The van der Waals surface area contributed by atoms with Crippen LogP contribution in [0, 0.1) is 12.3 Å². The first-order chi connectivity index (χ1) is 8.30. The van der Waals surface area contributed by atoms with Crippen molar-refractivity contribution in [2.45, 2.75) is 33.8 Å². The van der Waals surface area contributed by atoms with Gasteiger partial charge in [0.25, 0.3) is 0 Å². The van der Waals surface area contributed by atoms with Crippen LogP contribution in [0.5, 0.6) is 5.75 Å². The Bertz CT molecular complexity index is 476. The molecular formula is C14H19NO3. The Balaban J connectivity index is 2.47. The largest absolute Gasteiger partial charge is 0.486 e. The molecule has 0 radical (unpaired) electrons. The molecule has 1 atom stereocenters. The van der Waals surface area contributed by atoms with Gasteiger partial charge in [-0.15, -0.1) is 0 Å². The number of rotatable bonds is 0. The molecule has 98 valence electrons. The zero-order valence-corrected chi connectivity index (χ0v) is 11.2. The molecule has 1 N–H and O–H groups in total. The number of hydrogen-bond donors (Lipinski definition) is 1. The Morgan fingerprint density at radius 3 is 2.67 bits per heavy atom. The summed E-state index contributed by atoms with van der Waals surface area (Å²) in [5, 5.41) is 9.36. The number of aryl methyl sites for hydroxylation is 1. The zero-order valence-electron chi connectivity index (χ0n) is 11.2. The maximum Gasteiger partial charge on any atom is 0.412 e. The Labute approximate surface area is 107 Å². The van der Waals surface area contributed by atoms with E-state index in [1.165, 1.54) is 4.90 Å². The second-order valence-electron chi connectivity index (χ2n) is 5.79. The van der Waals surface area contributed by atoms with Crippen LogP contribution in [0.3, 0.4) is 0 Å². The van der Waals surface area contributed by atoms with Crippen molar-refractivity contribution in [3.05, 3.63) is 23.8 Å². The highest BCUT2D eigenvalue weighted by atomic mass is 16.5. The third kappa shape index (κ3) is 2.15. The molecule has 4 heteroatoms. The fourth-order valence-electron chi connectivity index (χ4n) is 2.15. The van der Waals surface area contributed by atoms with E-state index >= 15 is 0 Å². The summed E-state index contributed by atoms with van der Waals surface area (Å²) in [6.45, 7) is 8.43. The predicted octanol–water partition coefficient (Wildman–Crippen LogP) is 3.29. The van der Waals surface area contributed by atoms with Gasteiger partial charge < -0.3 is 9.84 Å². The SMILES string of the molecule is Cc1cccc2c1N(C(=O)O)CC(C(C)(C)C)O2. The van der Waals surface area contributed by atoms with Crippen molar-refractivity contribution in [2.75, 3.05) is 11.4 Å². The third-order valence-corrected chi connectivity index (χ3v) is 3.29. The van der Waals surface area contributed by atoms with Gasteiger partial charge in [0.15, 0.2) is 0 Å². The van der Waals surface area contributed by atoms with Crippen molar-refractivity contribution in [1.29, 1.82) is 0 Å². The van der Waals surface area contributed by atoms with E-state index in [4.69, 9.17) is 4.74 Å². The molecule has 1 aromatic carbocycles. The lowest BCUT2D eigenvalue weighted by molar-refractivity contribution is 0.0826. The maximum absolute atomic E-state index is 11.4. The van der Waals surface area contributed by atoms with E-state index in [-0.39, 0.29) is 11.5 Å². The number of ether oxygens (including phenoxy) is 1. The molecule has 0 saturated heterocycles. The molecule has 1 aliphatic rings. The van der Waals surface area contributed by atoms with Crippen molar-refractivity contribution in [3.8, 4) is 5.75 Å². The molecule has 0 spiro atoms. The van der Waals surface area contributed by atoms with Crippen LogP contribution in [0.2, 0.25) is 0 Å². The summed E-state index contributed by atoms with van der Waals surface area (Å²) < 4.78 is 5.95. The van der Waals surface area contributed by atoms with Gasteiger partial charge in [0, 0.05) is 5.41 Å². The molecule has 2 rings (SSSR count). The molecule has 0 bridgehead atoms. The Morgan fingerprint density at radius 2 is 2.11 bits per heavy atom. The van der Waals surface area contributed by atoms with E-state index in [1.807, 2.05) is 25.1 Å². The average molecular weight is 249 g/mol. The van der Waals surface area contributed by atoms with Crippen LogP contribution >= 0.6 is 0 Å². The molecule has 1 amide bonds. The van der Waals surface area contributed by atoms with Crippen LogP contribution in [0.1, 0.15) is 26.3 Å². The minimum absolute atomic E-state index is 0.102. The fraction of sp³-hybridized carbons (Fsp3) is 0.500. The van der Waals surface area contributed by atoms with E-state index in [9.17, 15) is 9.90 Å². The molecule has 1 aliphatic heterocycles. The van der Waals surface area contributed by atoms with Gasteiger partial charge in [-0.1, -0.05) is 32.9 Å². The van der Waals surface area contributed by atoms with Crippen LogP contribution in [0.15, 0.2) is 18.2 Å². The van der Waals surface area contributed by atoms with Crippen LogP contribution in [0.4, 0.5) is 10.5 Å². The second kappa shape index (κ2) is 4.19. The number of para-hydroxylation sites is 1. The molecule has 1 aromatic rings. The van der Waals surface area contributed by atoms with E-state index in [0.29, 0.717) is 18.0 Å². The number of carbonyl (C=O) groups is 1. The van der Waals surface area contributed by atoms with Gasteiger partial charge in [0.2, 0.25) is 0 Å². The van der Waals surface area contributed by atoms with Gasteiger partial charge in [-0.2, -0.15) is 0 Å². The van der Waals surface area contributed by atoms with Gasteiger partial charge in [-0.3, -0.25) is 4.90 Å². The quantitative estimate of drug-likeness (QED) is 0.767. The molecule has 0 saturated carbocycles. The smallest absolute Gasteiger partial charge is 0.412 e. The standard InChI is InChI=1S/C14H19NO3/c1-9-6-5-7-10-12(9)15(13(16)17)8-11(18-10)14(2,3)4/h5-7,11H,8H2,1-4H3,(H,16,17). The zero-order chi connectivity index (χ0) is 13.5. The van der Waals surface area contributed by atoms with Gasteiger partial charge in [0.05, 0.1) is 12.2 Å². The monoisotopic (exact) mass is 249 g/mol. The highest BCUT2D eigenvalue weighted by Gasteiger charge is 2.36. The molecular weight excluding hydrogens is 230 g/mol. The lowest BCUT2D eigenvalue weighted by Crippen LogP contribution is -2.48. The van der Waals surface area contributed by atoms with E-state index in [1.54, 1.807) is 0 Å². The summed E-state index contributed by atoms with van der Waals surface area (Å²) in [4.78, 5) is 12.8. The Hall–Kier alpha value is -1.71. The molecule has 0 aromatic heterocycles. The summed E-state index contributed by atoms with van der Waals surface area (Å²) in [6, 6.07) is 5.62. The Kier molecular flexibility index (Phi) is 2.97. The molecule has 1 unspecified atom stereocenters. The van der Waals surface area contributed by atoms with E-state index in [0.717, 1.165) is 5.56 Å². The van der Waals surface area contributed by atoms with Crippen LogP contribution in [-0.2, 0) is 0 Å². The minimum atomic E-state index is -0.928. The highest BCUT2D eigenvalue weighted by molar-refractivity contribution is 5.90. The van der Waals surface area contributed by atoms with Crippen molar-refractivity contribution < 1.29 is 14.6 Å². The second-order valence-corrected chi connectivity index (χ2v) is 5.79. The van der Waals surface area contributed by atoms with Crippen LogP contribution < -0.4 is 9.64 Å². The molecule has 4 nitrogen and oxygen atoms in total. The molecule has 18 heavy (non-hydrogen) atoms. The first-order valence-corrected chi connectivity index (χ1v) is 6.07. The summed E-state index contributed by atoms with van der Waals surface area (Å²) in [5.41, 5.74) is 1.49. The van der Waals surface area contributed by atoms with Crippen LogP contribution in [0.25, 0.3) is 0 Å². The third-order valence-electron chi connectivity index (χ3n) is 3.29. The number of hydrogen-bond acceptors (Lipinski definition) is 2. The lowest BCUT2D eigenvalue weighted by Gasteiger charge is -2.40. The fourth-order valence-corrected chi connectivity index (χ4v) is 2.15. The molecule has 0 aliphatic carbocycles. The summed E-state index contributed by atoms with van der Waals surface area (Å²) in [7, 11) is 0. The maximum atomic E-state index is 11.4. The number of fused-ring (bicyclic) bond motifs is 1. The van der Waals surface area contributed by atoms with Crippen LogP contribution in [-0.4, -0.2) is 23.8 Å². The van der Waals surface area contributed by atoms with Gasteiger partial charge >= 0.3 is 6.09 Å². The highest BCUT2D eigenvalue weighted by Crippen LogP contribution is 2.39. The first-order valence-electron chi connectivity index (χ1n) is 6.07. The lowest BCUT2D eigenvalue weighted by atomic mass is 9.87. The van der Waals surface area contributed by atoms with E-state index in [2.05, 4.69) is 20.8 Å². The minimum Gasteiger partial charge on any atom is -0.486 e. The number of amides is 1. The topological polar surface area (TPSA) is 49.8 Å². The van der Waals surface area contributed by atoms with Crippen molar-refractivity contribution in [3.63, 3.8) is 0 Å². The van der Waals surface area contributed by atoms with Crippen molar-refractivity contribution >= 4 is 11.8 Å². The Morgan fingerprint density at radius 1 is 1.44 bits per heavy atom. The van der Waals surface area contributed by atoms with Gasteiger partial charge in [0.1, 0.15) is 11.9 Å². The normalized spacial score (nSPS) is 19.1. The summed E-state index contributed by atoms with van der Waals surface area (Å²) in [6.07, 6.45) is -1.06. The summed E-state index contributed by atoms with van der Waals surface area (Å²) in [5.74, 6) is 0.656. The van der Waals surface area contributed by atoms with Gasteiger partial charge in [-0.25, -0.2) is 4.79 Å². The first kappa shape index (κ1) is 12.7. The average Bonchev–Trinajstić information content (AvgIpc) is 2.26. The predicted molar refractivity (Wildman–Crippen MR) is 70.4 cm³/mol. The molecule has 1 heterocycles. The van der Waals surface area contributed by atoms with Crippen molar-refractivity contribution in [1.82, 2.24) is 0 Å². The number of nitrogens with zero attached hydrogens (tertiary/aromatic N) is 1.